The predicted molar refractivity (Wildman–Crippen MR) is 91.7 cm³/mol. The molecule has 0 unspecified atom stereocenters. The van der Waals surface area contributed by atoms with Crippen molar-refractivity contribution in [3.8, 4) is 6.07 Å². The fourth-order valence-corrected chi connectivity index (χ4v) is 3.71. The number of hydrogen-bond donors (Lipinski definition) is 0. The highest BCUT2D eigenvalue weighted by molar-refractivity contribution is 5.62. The maximum Gasteiger partial charge on any atom is 0.147 e. The molecule has 1 aromatic rings. The van der Waals surface area contributed by atoms with Gasteiger partial charge in [0.25, 0.3) is 0 Å². The molecule has 1 saturated heterocycles. The fraction of sp³-hybridized carbons (Fsp3) is 0.684. The molecule has 1 fully saturated rings. The molecule has 1 aromatic heterocycles. The number of ether oxygens (including phenoxy) is 1. The molecule has 2 aliphatic rings. The molecule has 2 aliphatic heterocycles. The summed E-state index contributed by atoms with van der Waals surface area (Å²) in [6.45, 7) is 11.1. The molecule has 124 valence electrons. The first-order valence-electron chi connectivity index (χ1n) is 8.77. The third-order valence-corrected chi connectivity index (χ3v) is 4.95. The number of fused-ring (bicyclic) bond motifs is 1. The highest BCUT2D eigenvalue weighted by atomic mass is 16.5. The van der Waals surface area contributed by atoms with Crippen LogP contribution in [0.1, 0.15) is 75.3 Å². The normalized spacial score (nSPS) is 20.3. The molecule has 0 aromatic carbocycles. The Kier molecular flexibility index (Phi) is 4.33. The third-order valence-electron chi connectivity index (χ3n) is 4.95. The van der Waals surface area contributed by atoms with Crippen molar-refractivity contribution in [1.82, 2.24) is 4.98 Å². The second-order valence-corrected chi connectivity index (χ2v) is 7.69. The molecule has 0 saturated carbocycles. The van der Waals surface area contributed by atoms with E-state index in [9.17, 15) is 5.26 Å². The maximum absolute atomic E-state index is 9.85. The van der Waals surface area contributed by atoms with E-state index in [1.54, 1.807) is 0 Å². The Morgan fingerprint density at radius 3 is 2.48 bits per heavy atom. The second-order valence-electron chi connectivity index (χ2n) is 7.69. The first-order valence-corrected chi connectivity index (χ1v) is 8.77. The van der Waals surface area contributed by atoms with Crippen LogP contribution in [0.3, 0.4) is 0 Å². The van der Waals surface area contributed by atoms with Gasteiger partial charge in [-0.25, -0.2) is 4.98 Å². The lowest BCUT2D eigenvalue weighted by molar-refractivity contribution is -0.0408. The summed E-state index contributed by atoms with van der Waals surface area (Å²) in [6, 6.07) is 2.47. The molecule has 0 amide bonds. The number of pyridine rings is 1. The van der Waals surface area contributed by atoms with Gasteiger partial charge in [-0.1, -0.05) is 13.8 Å². The summed E-state index contributed by atoms with van der Waals surface area (Å²) in [5, 5.41) is 9.85. The van der Waals surface area contributed by atoms with Crippen LogP contribution in [0.5, 0.6) is 0 Å². The van der Waals surface area contributed by atoms with Crippen LogP contribution in [0.4, 0.5) is 5.82 Å². The van der Waals surface area contributed by atoms with Crippen molar-refractivity contribution in [3.63, 3.8) is 0 Å². The summed E-state index contributed by atoms with van der Waals surface area (Å²) in [5.41, 5.74) is 3.99. The minimum Gasteiger partial charge on any atom is -0.370 e. The van der Waals surface area contributed by atoms with Gasteiger partial charge in [0, 0.05) is 25.1 Å². The molecule has 0 radical (unpaired) electrons. The van der Waals surface area contributed by atoms with Crippen LogP contribution in [0.2, 0.25) is 0 Å². The van der Waals surface area contributed by atoms with Gasteiger partial charge in [0.05, 0.1) is 23.5 Å². The molecule has 0 spiro atoms. The zero-order valence-corrected chi connectivity index (χ0v) is 14.8. The Labute approximate surface area is 139 Å². The van der Waals surface area contributed by atoms with Crippen LogP contribution < -0.4 is 4.90 Å². The van der Waals surface area contributed by atoms with Gasteiger partial charge < -0.3 is 9.64 Å². The smallest absolute Gasteiger partial charge is 0.147 e. The van der Waals surface area contributed by atoms with E-state index < -0.39 is 0 Å². The van der Waals surface area contributed by atoms with Crippen molar-refractivity contribution >= 4 is 5.82 Å². The lowest BCUT2D eigenvalue weighted by Gasteiger charge is -2.36. The third kappa shape index (κ3) is 3.07. The van der Waals surface area contributed by atoms with Crippen molar-refractivity contribution in [1.29, 1.82) is 5.26 Å². The summed E-state index contributed by atoms with van der Waals surface area (Å²) in [7, 11) is 0. The minimum absolute atomic E-state index is 0.215. The average Bonchev–Trinajstić information content (AvgIpc) is 2.53. The van der Waals surface area contributed by atoms with Gasteiger partial charge >= 0.3 is 0 Å². The van der Waals surface area contributed by atoms with Crippen molar-refractivity contribution in [2.75, 3.05) is 18.0 Å². The van der Waals surface area contributed by atoms with Gasteiger partial charge in [-0.2, -0.15) is 5.26 Å². The van der Waals surface area contributed by atoms with Crippen LogP contribution in [0, 0.1) is 11.3 Å². The van der Waals surface area contributed by atoms with Crippen molar-refractivity contribution < 1.29 is 4.74 Å². The summed E-state index contributed by atoms with van der Waals surface area (Å²) in [6.07, 6.45) is 4.44. The van der Waals surface area contributed by atoms with E-state index >= 15 is 0 Å². The number of piperidine rings is 1. The standard InChI is InChI=1S/C19H27N3O/c1-13(2)17-16-12-23-19(3,4)10-14(16)15(11-20)18(21-17)22-8-6-5-7-9-22/h13H,5-10,12H2,1-4H3. The number of nitriles is 1. The molecule has 4 heteroatoms. The molecule has 23 heavy (non-hydrogen) atoms. The van der Waals surface area contributed by atoms with E-state index in [2.05, 4.69) is 38.7 Å². The van der Waals surface area contributed by atoms with Gasteiger partial charge in [0.1, 0.15) is 11.9 Å². The SMILES string of the molecule is CC(C)c1nc(N2CCCCC2)c(C#N)c2c1COC(C)(C)C2. The van der Waals surface area contributed by atoms with Gasteiger partial charge in [0.15, 0.2) is 0 Å². The van der Waals surface area contributed by atoms with Crippen molar-refractivity contribution in [2.45, 2.75) is 71.5 Å². The molecular formula is C19H27N3O. The van der Waals surface area contributed by atoms with Crippen LogP contribution in [-0.4, -0.2) is 23.7 Å². The Morgan fingerprint density at radius 1 is 1.17 bits per heavy atom. The van der Waals surface area contributed by atoms with E-state index in [0.29, 0.717) is 12.5 Å². The van der Waals surface area contributed by atoms with Crippen molar-refractivity contribution in [3.05, 3.63) is 22.4 Å². The van der Waals surface area contributed by atoms with E-state index in [4.69, 9.17) is 9.72 Å². The second kappa shape index (κ2) is 6.13. The monoisotopic (exact) mass is 313 g/mol. The van der Waals surface area contributed by atoms with Crippen LogP contribution in [0.15, 0.2) is 0 Å². The molecule has 3 heterocycles. The molecule has 0 bridgehead atoms. The van der Waals surface area contributed by atoms with Crippen LogP contribution in [-0.2, 0) is 17.8 Å². The first kappa shape index (κ1) is 16.3. The number of hydrogen-bond acceptors (Lipinski definition) is 4. The quantitative estimate of drug-likeness (QED) is 0.830. The minimum atomic E-state index is -0.215. The average molecular weight is 313 g/mol. The van der Waals surface area contributed by atoms with Gasteiger partial charge in [-0.3, -0.25) is 0 Å². The lowest BCUT2D eigenvalue weighted by Crippen LogP contribution is -2.36. The first-order chi connectivity index (χ1) is 10.9. The van der Waals surface area contributed by atoms with E-state index in [1.807, 2.05) is 0 Å². The number of aromatic nitrogens is 1. The van der Waals surface area contributed by atoms with Gasteiger partial charge in [-0.15, -0.1) is 0 Å². The molecule has 3 rings (SSSR count). The van der Waals surface area contributed by atoms with Crippen molar-refractivity contribution in [2.24, 2.45) is 0 Å². The zero-order valence-electron chi connectivity index (χ0n) is 14.8. The number of nitrogens with zero attached hydrogens (tertiary/aromatic N) is 3. The summed E-state index contributed by atoms with van der Waals surface area (Å²) in [4.78, 5) is 7.27. The van der Waals surface area contributed by atoms with Crippen LogP contribution in [0.25, 0.3) is 0 Å². The Balaban J connectivity index is 2.16. The molecule has 0 N–H and O–H groups in total. The summed E-state index contributed by atoms with van der Waals surface area (Å²) >= 11 is 0. The molecule has 0 atom stereocenters. The predicted octanol–water partition coefficient (Wildman–Crippen LogP) is 3.92. The van der Waals surface area contributed by atoms with E-state index in [-0.39, 0.29) is 5.60 Å². The summed E-state index contributed by atoms with van der Waals surface area (Å²) < 4.78 is 6.00. The summed E-state index contributed by atoms with van der Waals surface area (Å²) in [5.74, 6) is 1.25. The molecule has 4 nitrogen and oxygen atoms in total. The largest absolute Gasteiger partial charge is 0.370 e. The Morgan fingerprint density at radius 2 is 1.87 bits per heavy atom. The van der Waals surface area contributed by atoms with Gasteiger partial charge in [0.2, 0.25) is 0 Å². The zero-order chi connectivity index (χ0) is 16.6. The topological polar surface area (TPSA) is 49.2 Å². The lowest BCUT2D eigenvalue weighted by atomic mass is 9.86. The van der Waals surface area contributed by atoms with E-state index in [0.717, 1.165) is 42.1 Å². The van der Waals surface area contributed by atoms with E-state index in [1.165, 1.54) is 24.8 Å². The number of anilines is 1. The Bertz CT molecular complexity index is 637. The van der Waals surface area contributed by atoms with Gasteiger partial charge in [-0.05, 0) is 44.6 Å². The molecule has 0 aliphatic carbocycles. The van der Waals surface area contributed by atoms with Crippen LogP contribution >= 0.6 is 0 Å². The maximum atomic E-state index is 9.85. The Hall–Kier alpha value is -1.60. The molecular weight excluding hydrogens is 286 g/mol. The fourth-order valence-electron chi connectivity index (χ4n) is 3.71. The number of rotatable bonds is 2. The highest BCUT2D eigenvalue weighted by Gasteiger charge is 2.33. The highest BCUT2D eigenvalue weighted by Crippen LogP contribution is 2.37.